The second kappa shape index (κ2) is 16.7. The molecule has 0 fully saturated rings. The van der Waals surface area contributed by atoms with Crippen LogP contribution < -0.4 is 0 Å². The molecule has 0 aliphatic carbocycles. The number of unbranched alkanes of at least 4 members (excludes halogenated alkanes) is 11. The minimum absolute atomic E-state index is 0.289. The normalized spacial score (nSPS) is 12.5. The first kappa shape index (κ1) is 19.6. The van der Waals surface area contributed by atoms with Crippen molar-refractivity contribution >= 4 is 6.29 Å². The summed E-state index contributed by atoms with van der Waals surface area (Å²) in [4.78, 5) is 10.6. The Labute approximate surface area is 126 Å². The van der Waals surface area contributed by atoms with Crippen LogP contribution in [-0.4, -0.2) is 19.0 Å². The van der Waals surface area contributed by atoms with E-state index in [4.69, 9.17) is 4.74 Å². The van der Waals surface area contributed by atoms with Gasteiger partial charge in [0.15, 0.2) is 0 Å². The van der Waals surface area contributed by atoms with E-state index in [1.165, 1.54) is 70.6 Å². The molecule has 0 N–H and O–H groups in total. The van der Waals surface area contributed by atoms with E-state index in [0.29, 0.717) is 6.61 Å². The molecule has 0 aromatic carbocycles. The molecule has 2 heteroatoms. The lowest BCUT2D eigenvalue weighted by Gasteiger charge is -2.08. The predicted molar refractivity (Wildman–Crippen MR) is 86.8 cm³/mol. The molecule has 0 aromatic rings. The lowest BCUT2D eigenvalue weighted by molar-refractivity contribution is 0.0990. The quantitative estimate of drug-likeness (QED) is 0.345. The molecule has 1 atom stereocenters. The first-order valence-electron chi connectivity index (χ1n) is 8.84. The van der Waals surface area contributed by atoms with Crippen molar-refractivity contribution in [3.63, 3.8) is 0 Å². The summed E-state index contributed by atoms with van der Waals surface area (Å²) in [5.74, 6) is 0. The maximum atomic E-state index is 10.6. The van der Waals surface area contributed by atoms with Gasteiger partial charge in [0.05, 0.1) is 0 Å². The number of hydrogen-bond donors (Lipinski definition) is 0. The Bertz CT molecular complexity index is 192. The van der Waals surface area contributed by atoms with Crippen molar-refractivity contribution in [3.05, 3.63) is 0 Å². The van der Waals surface area contributed by atoms with Gasteiger partial charge in [-0.15, -0.1) is 0 Å². The van der Waals surface area contributed by atoms with Gasteiger partial charge in [0, 0.05) is 6.61 Å². The first-order valence-corrected chi connectivity index (χ1v) is 8.84. The highest BCUT2D eigenvalue weighted by Crippen LogP contribution is 2.13. The fraction of sp³-hybridized carbons (Fsp3) is 0.944. The third kappa shape index (κ3) is 14.0. The van der Waals surface area contributed by atoms with Crippen molar-refractivity contribution < 1.29 is 9.53 Å². The molecule has 0 saturated carbocycles. The molecule has 0 rings (SSSR count). The molecule has 119 valence electrons. The molecule has 2 nitrogen and oxygen atoms in total. The average molecular weight is 283 g/mol. The van der Waals surface area contributed by atoms with E-state index in [0.717, 1.165) is 12.8 Å². The van der Waals surface area contributed by atoms with Gasteiger partial charge in [0.1, 0.15) is 6.10 Å². The number of carbonyl (C=O) groups excluding carboxylic acids is 1. The van der Waals surface area contributed by atoms with Crippen LogP contribution in [0.2, 0.25) is 0 Å². The van der Waals surface area contributed by atoms with Crippen LogP contribution in [0.1, 0.15) is 97.3 Å². The van der Waals surface area contributed by atoms with Gasteiger partial charge in [-0.3, -0.25) is 4.79 Å². The van der Waals surface area contributed by atoms with Crippen LogP contribution in [0.25, 0.3) is 0 Å². The minimum Gasteiger partial charge on any atom is -0.370 e. The topological polar surface area (TPSA) is 26.3 Å². The molecule has 0 aromatic heterocycles. The molecular formula is C18H35O2. The highest BCUT2D eigenvalue weighted by Gasteiger charge is 2.06. The van der Waals surface area contributed by atoms with Crippen LogP contribution in [0.4, 0.5) is 0 Å². The SMILES string of the molecule is CCCCCCCCCCCCCCC([C]=O)OCC. The van der Waals surface area contributed by atoms with E-state index in [9.17, 15) is 4.79 Å². The van der Waals surface area contributed by atoms with Gasteiger partial charge in [-0.1, -0.05) is 84.0 Å². The van der Waals surface area contributed by atoms with Crippen LogP contribution in [0.15, 0.2) is 0 Å². The van der Waals surface area contributed by atoms with E-state index in [1.807, 2.05) is 13.2 Å². The zero-order chi connectivity index (χ0) is 14.9. The van der Waals surface area contributed by atoms with Gasteiger partial charge in [-0.2, -0.15) is 0 Å². The minimum atomic E-state index is -0.289. The molecule has 0 spiro atoms. The van der Waals surface area contributed by atoms with Gasteiger partial charge in [-0.25, -0.2) is 0 Å². The van der Waals surface area contributed by atoms with Crippen molar-refractivity contribution in [1.82, 2.24) is 0 Å². The Morgan fingerprint density at radius 1 is 0.750 bits per heavy atom. The number of hydrogen-bond acceptors (Lipinski definition) is 2. The highest BCUT2D eigenvalue weighted by atomic mass is 16.5. The number of ether oxygens (including phenoxy) is 1. The summed E-state index contributed by atoms with van der Waals surface area (Å²) in [6.07, 6.45) is 18.7. The molecule has 20 heavy (non-hydrogen) atoms. The van der Waals surface area contributed by atoms with E-state index < -0.39 is 0 Å². The largest absolute Gasteiger partial charge is 0.370 e. The van der Waals surface area contributed by atoms with Crippen LogP contribution in [0.3, 0.4) is 0 Å². The van der Waals surface area contributed by atoms with E-state index in [1.54, 1.807) is 0 Å². The van der Waals surface area contributed by atoms with E-state index in [2.05, 4.69) is 6.92 Å². The molecule has 0 aliphatic rings. The summed E-state index contributed by atoms with van der Waals surface area (Å²) in [5, 5.41) is 0. The van der Waals surface area contributed by atoms with Crippen LogP contribution in [-0.2, 0) is 9.53 Å². The zero-order valence-corrected chi connectivity index (χ0v) is 13.8. The Morgan fingerprint density at radius 2 is 1.20 bits per heavy atom. The molecule has 0 aliphatic heterocycles. The molecule has 0 saturated heterocycles. The maximum Gasteiger partial charge on any atom is 0.229 e. The van der Waals surface area contributed by atoms with Gasteiger partial charge in [0.25, 0.3) is 0 Å². The molecule has 0 heterocycles. The van der Waals surface area contributed by atoms with Crippen molar-refractivity contribution in [2.45, 2.75) is 103 Å². The third-order valence-electron chi connectivity index (χ3n) is 3.82. The summed E-state index contributed by atoms with van der Waals surface area (Å²) in [6, 6.07) is 0. The Hall–Kier alpha value is -0.370. The fourth-order valence-corrected chi connectivity index (χ4v) is 2.55. The molecule has 1 unspecified atom stereocenters. The monoisotopic (exact) mass is 283 g/mol. The van der Waals surface area contributed by atoms with E-state index in [-0.39, 0.29) is 6.10 Å². The Morgan fingerprint density at radius 3 is 1.60 bits per heavy atom. The Balaban J connectivity index is 3.11. The van der Waals surface area contributed by atoms with E-state index >= 15 is 0 Å². The van der Waals surface area contributed by atoms with Gasteiger partial charge in [-0.05, 0) is 13.3 Å². The molecule has 1 radical (unpaired) electrons. The van der Waals surface area contributed by atoms with Crippen LogP contribution in [0.5, 0.6) is 0 Å². The fourth-order valence-electron chi connectivity index (χ4n) is 2.55. The standard InChI is InChI=1S/C18H35O2/c1-3-5-6-7-8-9-10-11-12-13-14-15-16-18(17-19)20-4-2/h18H,3-16H2,1-2H3. The zero-order valence-electron chi connectivity index (χ0n) is 13.8. The van der Waals surface area contributed by atoms with Crippen LogP contribution >= 0.6 is 0 Å². The van der Waals surface area contributed by atoms with Gasteiger partial charge < -0.3 is 4.74 Å². The second-order valence-corrected chi connectivity index (χ2v) is 5.74. The first-order chi connectivity index (χ1) is 9.85. The summed E-state index contributed by atoms with van der Waals surface area (Å²) >= 11 is 0. The van der Waals surface area contributed by atoms with Gasteiger partial charge in [0.2, 0.25) is 6.29 Å². The average Bonchev–Trinajstić information content (AvgIpc) is 2.47. The third-order valence-corrected chi connectivity index (χ3v) is 3.82. The molecule has 0 amide bonds. The summed E-state index contributed by atoms with van der Waals surface area (Å²) in [6.45, 7) is 4.80. The summed E-state index contributed by atoms with van der Waals surface area (Å²) < 4.78 is 5.27. The van der Waals surface area contributed by atoms with Crippen molar-refractivity contribution in [3.8, 4) is 0 Å². The summed E-state index contributed by atoms with van der Waals surface area (Å²) in [7, 11) is 0. The molecule has 0 bridgehead atoms. The lowest BCUT2D eigenvalue weighted by atomic mass is 10.0. The molecular weight excluding hydrogens is 248 g/mol. The predicted octanol–water partition coefficient (Wildman–Crippen LogP) is 5.59. The lowest BCUT2D eigenvalue weighted by Crippen LogP contribution is -2.13. The van der Waals surface area contributed by atoms with Crippen molar-refractivity contribution in [1.29, 1.82) is 0 Å². The second-order valence-electron chi connectivity index (χ2n) is 5.74. The smallest absolute Gasteiger partial charge is 0.229 e. The maximum absolute atomic E-state index is 10.6. The summed E-state index contributed by atoms with van der Waals surface area (Å²) in [5.41, 5.74) is 0. The number of rotatable bonds is 16. The van der Waals surface area contributed by atoms with Crippen molar-refractivity contribution in [2.75, 3.05) is 6.61 Å². The van der Waals surface area contributed by atoms with Crippen molar-refractivity contribution in [2.24, 2.45) is 0 Å². The highest BCUT2D eigenvalue weighted by molar-refractivity contribution is 5.56. The van der Waals surface area contributed by atoms with Crippen LogP contribution in [0, 0.1) is 0 Å². The van der Waals surface area contributed by atoms with Gasteiger partial charge >= 0.3 is 0 Å². The Kier molecular flexibility index (Phi) is 16.4.